The number of oxazole rings is 1. The number of fused-ring (bicyclic) bond motifs is 2. The SMILES string of the molecule is N#CC1(NC(=O)C2(NC(=O)c3cc4ccc(-c5ccc6ncoc6c5)cc4o3)CCC(F)(F)CC2)CC1. The molecular formula is C27H22F2N4O4. The minimum atomic E-state index is -2.91. The van der Waals surface area contributed by atoms with Crippen LogP contribution < -0.4 is 10.6 Å². The fraction of sp³-hybridized carbons (Fsp3) is 0.333. The van der Waals surface area contributed by atoms with Crippen LogP contribution >= 0.6 is 0 Å². The first-order chi connectivity index (χ1) is 17.7. The van der Waals surface area contributed by atoms with Gasteiger partial charge in [0, 0.05) is 18.2 Å². The Morgan fingerprint density at radius 3 is 2.32 bits per heavy atom. The van der Waals surface area contributed by atoms with Gasteiger partial charge in [-0.05, 0) is 61.1 Å². The highest BCUT2D eigenvalue weighted by molar-refractivity contribution is 6.01. The molecule has 0 atom stereocenters. The molecular weight excluding hydrogens is 482 g/mol. The Morgan fingerprint density at radius 1 is 0.919 bits per heavy atom. The molecule has 0 radical (unpaired) electrons. The summed E-state index contributed by atoms with van der Waals surface area (Å²) in [6.45, 7) is 0. The van der Waals surface area contributed by atoms with E-state index in [1.54, 1.807) is 12.1 Å². The summed E-state index contributed by atoms with van der Waals surface area (Å²) < 4.78 is 39.1. The van der Waals surface area contributed by atoms with E-state index in [0.29, 0.717) is 29.4 Å². The Bertz CT molecular complexity index is 1580. The van der Waals surface area contributed by atoms with E-state index in [2.05, 4.69) is 21.7 Å². The fourth-order valence-electron chi connectivity index (χ4n) is 4.81. The molecule has 2 fully saturated rings. The second kappa shape index (κ2) is 8.13. The van der Waals surface area contributed by atoms with Crippen molar-refractivity contribution in [2.75, 3.05) is 0 Å². The lowest BCUT2D eigenvalue weighted by atomic mass is 9.78. The number of alkyl halides is 2. The van der Waals surface area contributed by atoms with Crippen molar-refractivity contribution >= 4 is 33.9 Å². The normalized spacial score (nSPS) is 19.3. The maximum absolute atomic E-state index is 13.9. The van der Waals surface area contributed by atoms with Crippen LogP contribution in [0.1, 0.15) is 49.1 Å². The van der Waals surface area contributed by atoms with Crippen LogP contribution in [0.5, 0.6) is 0 Å². The summed E-state index contributed by atoms with van der Waals surface area (Å²) in [5.74, 6) is -4.24. The van der Waals surface area contributed by atoms with E-state index in [9.17, 15) is 23.6 Å². The molecule has 188 valence electrons. The van der Waals surface area contributed by atoms with Gasteiger partial charge in [-0.25, -0.2) is 13.8 Å². The summed E-state index contributed by atoms with van der Waals surface area (Å²) in [5.41, 5.74) is 1.00. The lowest BCUT2D eigenvalue weighted by molar-refractivity contribution is -0.133. The zero-order valence-corrected chi connectivity index (χ0v) is 19.6. The number of carbonyl (C=O) groups is 2. The molecule has 0 saturated heterocycles. The van der Waals surface area contributed by atoms with E-state index in [1.807, 2.05) is 30.3 Å². The second-order valence-corrected chi connectivity index (χ2v) is 9.94. The van der Waals surface area contributed by atoms with Crippen molar-refractivity contribution in [1.29, 1.82) is 5.26 Å². The molecule has 0 bridgehead atoms. The Hall–Kier alpha value is -4.26. The third-order valence-electron chi connectivity index (χ3n) is 7.35. The average Bonchev–Trinajstić information content (AvgIpc) is 3.29. The topological polar surface area (TPSA) is 121 Å². The quantitative estimate of drug-likeness (QED) is 0.390. The number of nitrogens with zero attached hydrogens (tertiary/aromatic N) is 2. The first kappa shape index (κ1) is 23.2. The van der Waals surface area contributed by atoms with Gasteiger partial charge in [-0.1, -0.05) is 18.2 Å². The van der Waals surface area contributed by atoms with E-state index in [0.717, 1.165) is 16.6 Å². The van der Waals surface area contributed by atoms with Crippen LogP contribution in [0.15, 0.2) is 57.7 Å². The third-order valence-corrected chi connectivity index (χ3v) is 7.35. The molecule has 2 aliphatic carbocycles. The summed E-state index contributed by atoms with van der Waals surface area (Å²) in [7, 11) is 0. The number of rotatable bonds is 5. The molecule has 2 aliphatic rings. The van der Waals surface area contributed by atoms with Crippen molar-refractivity contribution in [3.8, 4) is 17.2 Å². The monoisotopic (exact) mass is 504 g/mol. The van der Waals surface area contributed by atoms with Gasteiger partial charge >= 0.3 is 0 Å². The van der Waals surface area contributed by atoms with Crippen molar-refractivity contribution in [1.82, 2.24) is 15.6 Å². The molecule has 0 aliphatic heterocycles. The fourth-order valence-corrected chi connectivity index (χ4v) is 4.81. The minimum absolute atomic E-state index is 0.0382. The molecule has 0 spiro atoms. The van der Waals surface area contributed by atoms with Crippen molar-refractivity contribution in [3.05, 3.63) is 54.6 Å². The maximum Gasteiger partial charge on any atom is 0.287 e. The number of halogens is 2. The van der Waals surface area contributed by atoms with Gasteiger partial charge in [-0.15, -0.1) is 0 Å². The first-order valence-corrected chi connectivity index (χ1v) is 12.0. The molecule has 37 heavy (non-hydrogen) atoms. The molecule has 2 N–H and O–H groups in total. The van der Waals surface area contributed by atoms with Gasteiger partial charge < -0.3 is 19.5 Å². The molecule has 2 aromatic carbocycles. The van der Waals surface area contributed by atoms with E-state index >= 15 is 0 Å². The highest BCUT2D eigenvalue weighted by Gasteiger charge is 2.53. The number of nitrogens with one attached hydrogen (secondary N) is 2. The molecule has 4 aromatic rings. The number of furan rings is 1. The van der Waals surface area contributed by atoms with Crippen molar-refractivity contribution in [2.45, 2.75) is 55.5 Å². The minimum Gasteiger partial charge on any atom is -0.451 e. The molecule has 2 saturated carbocycles. The number of carbonyl (C=O) groups excluding carboxylic acids is 2. The summed E-state index contributed by atoms with van der Waals surface area (Å²) >= 11 is 0. The number of benzene rings is 2. The van der Waals surface area contributed by atoms with Gasteiger partial charge in [-0.2, -0.15) is 5.26 Å². The van der Waals surface area contributed by atoms with Crippen LogP contribution in [-0.2, 0) is 4.79 Å². The Balaban J connectivity index is 1.27. The molecule has 2 heterocycles. The van der Waals surface area contributed by atoms with Crippen molar-refractivity contribution in [2.24, 2.45) is 0 Å². The van der Waals surface area contributed by atoms with Crippen LogP contribution in [0, 0.1) is 11.3 Å². The number of hydrogen-bond acceptors (Lipinski definition) is 6. The predicted molar refractivity (Wildman–Crippen MR) is 129 cm³/mol. The Kier molecular flexibility index (Phi) is 5.09. The summed E-state index contributed by atoms with van der Waals surface area (Å²) in [6.07, 6.45) is 0.787. The highest BCUT2D eigenvalue weighted by Crippen LogP contribution is 2.41. The van der Waals surface area contributed by atoms with Crippen LogP contribution in [0.4, 0.5) is 8.78 Å². The smallest absolute Gasteiger partial charge is 0.287 e. The Labute approximate surface area is 209 Å². The van der Waals surface area contributed by atoms with E-state index in [4.69, 9.17) is 8.83 Å². The maximum atomic E-state index is 13.9. The van der Waals surface area contributed by atoms with Crippen LogP contribution in [0.3, 0.4) is 0 Å². The standard InChI is InChI=1S/C27H22F2N4O4/c28-27(29)9-7-26(8-10-27,24(35)33-25(14-30)5-6-25)32-23(34)22-13-18-2-1-16(11-20(18)37-22)17-3-4-19-21(12-17)36-15-31-19/h1-4,11-13,15H,5-10H2,(H,32,34)(H,33,35). The van der Waals surface area contributed by atoms with Crippen molar-refractivity contribution in [3.63, 3.8) is 0 Å². The van der Waals surface area contributed by atoms with Gasteiger partial charge in [0.2, 0.25) is 11.8 Å². The van der Waals surface area contributed by atoms with Crippen LogP contribution in [0.2, 0.25) is 0 Å². The summed E-state index contributed by atoms with van der Waals surface area (Å²) in [4.78, 5) is 30.5. The van der Waals surface area contributed by atoms with Gasteiger partial charge in [0.05, 0.1) is 6.07 Å². The van der Waals surface area contributed by atoms with Crippen molar-refractivity contribution < 1.29 is 27.2 Å². The lowest BCUT2D eigenvalue weighted by Crippen LogP contribution is -2.62. The van der Waals surface area contributed by atoms with Gasteiger partial charge in [0.25, 0.3) is 5.91 Å². The molecule has 8 nitrogen and oxygen atoms in total. The average molecular weight is 504 g/mol. The summed E-state index contributed by atoms with van der Waals surface area (Å²) in [6, 6.07) is 14.7. The van der Waals surface area contributed by atoms with Crippen LogP contribution in [0.25, 0.3) is 33.2 Å². The van der Waals surface area contributed by atoms with Crippen LogP contribution in [-0.4, -0.2) is 33.8 Å². The van der Waals surface area contributed by atoms with Gasteiger partial charge in [0.1, 0.15) is 22.2 Å². The predicted octanol–water partition coefficient (Wildman–Crippen LogP) is 5.09. The zero-order valence-electron chi connectivity index (χ0n) is 19.6. The Morgan fingerprint density at radius 2 is 1.62 bits per heavy atom. The number of hydrogen-bond donors (Lipinski definition) is 2. The van der Waals surface area contributed by atoms with E-state index in [-0.39, 0.29) is 18.6 Å². The highest BCUT2D eigenvalue weighted by atomic mass is 19.3. The largest absolute Gasteiger partial charge is 0.451 e. The summed E-state index contributed by atoms with van der Waals surface area (Å²) in [5, 5.41) is 15.4. The first-order valence-electron chi connectivity index (χ1n) is 12.0. The van der Waals surface area contributed by atoms with E-state index in [1.165, 1.54) is 6.39 Å². The third kappa shape index (κ3) is 4.20. The second-order valence-electron chi connectivity index (χ2n) is 9.94. The lowest BCUT2D eigenvalue weighted by Gasteiger charge is -2.39. The molecule has 0 unspecified atom stereocenters. The zero-order chi connectivity index (χ0) is 25.8. The number of nitriles is 1. The van der Waals surface area contributed by atoms with Gasteiger partial charge in [-0.3, -0.25) is 9.59 Å². The molecule has 6 rings (SSSR count). The van der Waals surface area contributed by atoms with E-state index < -0.39 is 41.7 Å². The number of aromatic nitrogens is 1. The number of amides is 2. The molecule has 2 amide bonds. The molecule has 10 heteroatoms. The molecule has 2 aromatic heterocycles. The van der Waals surface area contributed by atoms with Gasteiger partial charge in [0.15, 0.2) is 17.7 Å².